The Balaban J connectivity index is 2.94. The second kappa shape index (κ2) is 9.61. The van der Waals surface area contributed by atoms with E-state index in [1.165, 1.54) is 0 Å². The first kappa shape index (κ1) is 24.2. The number of amides is 1. The first-order valence-corrected chi connectivity index (χ1v) is 8.23. The Morgan fingerprint density at radius 1 is 1.00 bits per heavy atom. The fraction of sp³-hybridized carbons (Fsp3) is 0.471. The van der Waals surface area contributed by atoms with Crippen molar-refractivity contribution in [2.75, 3.05) is 19.7 Å². The van der Waals surface area contributed by atoms with Crippen LogP contribution in [-0.2, 0) is 21.9 Å². The van der Waals surface area contributed by atoms with Gasteiger partial charge in [-0.1, -0.05) is 13.0 Å². The number of alkyl halides is 6. The molecule has 0 bridgehead atoms. The van der Waals surface area contributed by atoms with Crippen LogP contribution in [0.5, 0.6) is 0 Å². The molecule has 162 valence electrons. The fourth-order valence-corrected chi connectivity index (χ4v) is 2.37. The normalized spacial score (nSPS) is 11.8. The lowest BCUT2D eigenvalue weighted by molar-refractivity contribution is -0.144. The van der Waals surface area contributed by atoms with Crippen molar-refractivity contribution in [1.82, 2.24) is 4.90 Å². The van der Waals surface area contributed by atoms with Gasteiger partial charge in [0.2, 0.25) is 0 Å². The minimum atomic E-state index is -5.26. The lowest BCUT2D eigenvalue weighted by Gasteiger charge is -2.18. The molecule has 1 aromatic carbocycles. The Kier molecular flexibility index (Phi) is 8.04. The number of carboxylic acid groups (broad SMARTS) is 1. The molecule has 0 aliphatic rings. The lowest BCUT2D eigenvalue weighted by Crippen LogP contribution is -2.33. The van der Waals surface area contributed by atoms with Crippen LogP contribution in [0.2, 0.25) is 0 Å². The summed E-state index contributed by atoms with van der Waals surface area (Å²) < 4.78 is 82.5. The third kappa shape index (κ3) is 6.95. The number of benzene rings is 1. The predicted molar refractivity (Wildman–Crippen MR) is 86.2 cm³/mol. The number of ketones is 1. The van der Waals surface area contributed by atoms with Crippen molar-refractivity contribution in [2.24, 2.45) is 0 Å². The van der Waals surface area contributed by atoms with Crippen molar-refractivity contribution < 1.29 is 50.6 Å². The molecule has 0 aromatic heterocycles. The van der Waals surface area contributed by atoms with Gasteiger partial charge in [0.15, 0.2) is 5.78 Å². The number of esters is 1. The van der Waals surface area contributed by atoms with Gasteiger partial charge in [0.25, 0.3) is 0 Å². The molecule has 1 rings (SSSR count). The molecule has 1 amide bonds. The molecule has 0 saturated heterocycles. The molecule has 29 heavy (non-hydrogen) atoms. The molecular weight excluding hydrogens is 412 g/mol. The number of Topliss-reactive ketones (excluding diaryl/α,β-unsaturated/α-hetero) is 1. The standard InChI is InChI=1S/C17H17F6NO5/c1-2-7-24(15(27)28)8-6-10(25)9-29-14(26)13-11(16(18,19)20)4-3-5-12(13)17(21,22)23/h3-5H,2,6-9H2,1H3,(H,27,28). The zero-order valence-electron chi connectivity index (χ0n) is 15.1. The predicted octanol–water partition coefficient (Wildman–Crippen LogP) is 4.23. The molecule has 0 aliphatic heterocycles. The minimum Gasteiger partial charge on any atom is -0.465 e. The molecule has 6 nitrogen and oxygen atoms in total. The van der Waals surface area contributed by atoms with Gasteiger partial charge in [0.1, 0.15) is 6.61 Å². The summed E-state index contributed by atoms with van der Waals surface area (Å²) in [6.07, 6.45) is -11.8. The van der Waals surface area contributed by atoms with Crippen LogP contribution in [0.3, 0.4) is 0 Å². The Labute approximate surface area is 161 Å². The molecule has 0 radical (unpaired) electrons. The van der Waals surface area contributed by atoms with Crippen LogP contribution in [0.25, 0.3) is 0 Å². The maximum absolute atomic E-state index is 13.0. The van der Waals surface area contributed by atoms with E-state index < -0.39 is 59.9 Å². The summed E-state index contributed by atoms with van der Waals surface area (Å²) in [4.78, 5) is 35.5. The highest BCUT2D eigenvalue weighted by Crippen LogP contribution is 2.39. The highest BCUT2D eigenvalue weighted by molar-refractivity contribution is 5.95. The molecule has 0 fully saturated rings. The highest BCUT2D eigenvalue weighted by Gasteiger charge is 2.43. The Morgan fingerprint density at radius 2 is 1.52 bits per heavy atom. The number of carbonyl (C=O) groups excluding carboxylic acids is 2. The molecule has 0 unspecified atom stereocenters. The largest absolute Gasteiger partial charge is 0.465 e. The maximum atomic E-state index is 13.0. The van der Waals surface area contributed by atoms with E-state index >= 15 is 0 Å². The number of ether oxygens (including phenoxy) is 1. The summed E-state index contributed by atoms with van der Waals surface area (Å²) >= 11 is 0. The van der Waals surface area contributed by atoms with Crippen LogP contribution in [0, 0.1) is 0 Å². The van der Waals surface area contributed by atoms with Gasteiger partial charge in [-0.15, -0.1) is 0 Å². The topological polar surface area (TPSA) is 83.9 Å². The molecule has 12 heteroatoms. The Hall–Kier alpha value is -2.79. The SMILES string of the molecule is CCCN(CCC(=O)COC(=O)c1c(C(F)(F)F)cccc1C(F)(F)F)C(=O)O. The smallest absolute Gasteiger partial charge is 0.417 e. The number of rotatable bonds is 8. The Morgan fingerprint density at radius 3 is 1.93 bits per heavy atom. The molecule has 0 heterocycles. The number of halogens is 6. The van der Waals surface area contributed by atoms with Gasteiger partial charge in [0.05, 0.1) is 16.7 Å². The zero-order chi connectivity index (χ0) is 22.4. The van der Waals surface area contributed by atoms with Crippen LogP contribution in [0.4, 0.5) is 31.1 Å². The van der Waals surface area contributed by atoms with Crippen molar-refractivity contribution in [1.29, 1.82) is 0 Å². The van der Waals surface area contributed by atoms with Crippen molar-refractivity contribution >= 4 is 17.8 Å². The van der Waals surface area contributed by atoms with Crippen LogP contribution in [0.1, 0.15) is 41.3 Å². The number of hydrogen-bond donors (Lipinski definition) is 1. The molecule has 1 aromatic rings. The van der Waals surface area contributed by atoms with E-state index in [0.29, 0.717) is 24.6 Å². The van der Waals surface area contributed by atoms with Gasteiger partial charge < -0.3 is 14.7 Å². The van der Waals surface area contributed by atoms with E-state index in [0.717, 1.165) is 4.90 Å². The van der Waals surface area contributed by atoms with E-state index in [9.17, 15) is 40.7 Å². The molecule has 1 N–H and O–H groups in total. The van der Waals surface area contributed by atoms with Crippen LogP contribution < -0.4 is 0 Å². The van der Waals surface area contributed by atoms with Gasteiger partial charge in [-0.05, 0) is 18.6 Å². The van der Waals surface area contributed by atoms with Crippen molar-refractivity contribution in [2.45, 2.75) is 32.1 Å². The summed E-state index contributed by atoms with van der Waals surface area (Å²) in [7, 11) is 0. The van der Waals surface area contributed by atoms with Gasteiger partial charge in [-0.3, -0.25) is 4.79 Å². The third-order valence-electron chi connectivity index (χ3n) is 3.67. The van der Waals surface area contributed by atoms with Gasteiger partial charge in [-0.25, -0.2) is 9.59 Å². The molecule has 0 atom stereocenters. The maximum Gasteiger partial charge on any atom is 0.417 e. The van der Waals surface area contributed by atoms with E-state index in [1.54, 1.807) is 6.92 Å². The molecule has 0 spiro atoms. The average molecular weight is 429 g/mol. The highest BCUT2D eigenvalue weighted by atomic mass is 19.4. The summed E-state index contributed by atoms with van der Waals surface area (Å²) in [5, 5.41) is 8.91. The van der Waals surface area contributed by atoms with Gasteiger partial charge in [-0.2, -0.15) is 26.3 Å². The molecule has 0 saturated carbocycles. The fourth-order valence-electron chi connectivity index (χ4n) is 2.37. The zero-order valence-corrected chi connectivity index (χ0v) is 15.1. The monoisotopic (exact) mass is 429 g/mol. The summed E-state index contributed by atoms with van der Waals surface area (Å²) in [6.45, 7) is 0.459. The average Bonchev–Trinajstić information content (AvgIpc) is 2.60. The number of nitrogens with zero attached hydrogens (tertiary/aromatic N) is 1. The molecular formula is C17H17F6NO5. The second-order valence-corrected chi connectivity index (χ2v) is 5.86. The van der Waals surface area contributed by atoms with E-state index in [4.69, 9.17) is 5.11 Å². The quantitative estimate of drug-likeness (QED) is 0.494. The van der Waals surface area contributed by atoms with Crippen molar-refractivity contribution in [3.63, 3.8) is 0 Å². The van der Waals surface area contributed by atoms with Crippen molar-refractivity contribution in [3.05, 3.63) is 34.9 Å². The first-order chi connectivity index (χ1) is 13.3. The first-order valence-electron chi connectivity index (χ1n) is 8.23. The molecule has 0 aliphatic carbocycles. The second-order valence-electron chi connectivity index (χ2n) is 5.86. The van der Waals surface area contributed by atoms with Gasteiger partial charge >= 0.3 is 24.4 Å². The van der Waals surface area contributed by atoms with Crippen LogP contribution in [0.15, 0.2) is 18.2 Å². The minimum absolute atomic E-state index is 0.121. The Bertz CT molecular complexity index is 727. The summed E-state index contributed by atoms with van der Waals surface area (Å²) in [6, 6.07) is 1.09. The van der Waals surface area contributed by atoms with Gasteiger partial charge in [0, 0.05) is 19.5 Å². The van der Waals surface area contributed by atoms with E-state index in [-0.39, 0.29) is 13.1 Å². The van der Waals surface area contributed by atoms with Crippen LogP contribution in [-0.4, -0.2) is 47.5 Å². The third-order valence-corrected chi connectivity index (χ3v) is 3.67. The lowest BCUT2D eigenvalue weighted by atomic mass is 10.00. The van der Waals surface area contributed by atoms with E-state index in [1.807, 2.05) is 0 Å². The summed E-state index contributed by atoms with van der Waals surface area (Å²) in [5.41, 5.74) is -5.42. The van der Waals surface area contributed by atoms with E-state index in [2.05, 4.69) is 4.74 Å². The summed E-state index contributed by atoms with van der Waals surface area (Å²) in [5.74, 6) is -2.82. The number of hydrogen-bond acceptors (Lipinski definition) is 4. The number of carbonyl (C=O) groups is 3. The van der Waals surface area contributed by atoms with Crippen LogP contribution >= 0.6 is 0 Å². The van der Waals surface area contributed by atoms with Crippen molar-refractivity contribution in [3.8, 4) is 0 Å².